The summed E-state index contributed by atoms with van der Waals surface area (Å²) in [6, 6.07) is 0.242. The van der Waals surface area contributed by atoms with Crippen molar-refractivity contribution in [2.24, 2.45) is 5.84 Å². The van der Waals surface area contributed by atoms with Gasteiger partial charge in [0.1, 0.15) is 0 Å². The molecule has 0 fully saturated rings. The van der Waals surface area contributed by atoms with E-state index in [1.165, 1.54) is 0 Å². The maximum Gasteiger partial charge on any atom is 0.180 e. The molecule has 4 N–H and O–H groups in total. The molecule has 0 aliphatic heterocycles. The highest BCUT2D eigenvalue weighted by molar-refractivity contribution is 5.65. The molecule has 0 aliphatic rings. The lowest BCUT2D eigenvalue weighted by atomic mass is 10.2. The molecule has 1 atom stereocenters. The smallest absolute Gasteiger partial charge is 0.180 e. The highest BCUT2D eigenvalue weighted by Gasteiger charge is 2.09. The fourth-order valence-corrected chi connectivity index (χ4v) is 1.70. The molecule has 98 valence electrons. The molecular formula is C11H18N6O. The molecule has 2 aromatic heterocycles. The normalized spacial score (nSPS) is 12.6. The van der Waals surface area contributed by atoms with Gasteiger partial charge in [0.2, 0.25) is 0 Å². The van der Waals surface area contributed by atoms with Gasteiger partial charge in [0.25, 0.3) is 0 Å². The maximum atomic E-state index is 5.40. The summed E-state index contributed by atoms with van der Waals surface area (Å²) in [6.07, 6.45) is 6.25. The Morgan fingerprint density at radius 2 is 2.39 bits per heavy atom. The van der Waals surface area contributed by atoms with Gasteiger partial charge >= 0.3 is 0 Å². The highest BCUT2D eigenvalue weighted by Crippen LogP contribution is 2.17. The lowest BCUT2D eigenvalue weighted by molar-refractivity contribution is 0.191. The van der Waals surface area contributed by atoms with Crippen molar-refractivity contribution < 1.29 is 4.74 Å². The lowest BCUT2D eigenvalue weighted by Gasteiger charge is -2.15. The van der Waals surface area contributed by atoms with Crippen molar-refractivity contribution in [2.75, 3.05) is 24.5 Å². The minimum Gasteiger partial charge on any atom is -0.385 e. The van der Waals surface area contributed by atoms with Gasteiger partial charge in [0, 0.05) is 32.2 Å². The monoisotopic (exact) mass is 250 g/mol. The van der Waals surface area contributed by atoms with Crippen molar-refractivity contribution in [2.45, 2.75) is 19.4 Å². The number of imidazole rings is 1. The van der Waals surface area contributed by atoms with Gasteiger partial charge in [-0.1, -0.05) is 0 Å². The lowest BCUT2D eigenvalue weighted by Crippen LogP contribution is -2.19. The summed E-state index contributed by atoms with van der Waals surface area (Å²) >= 11 is 0. The highest BCUT2D eigenvalue weighted by atomic mass is 16.5. The van der Waals surface area contributed by atoms with Crippen LogP contribution in [0.5, 0.6) is 0 Å². The Bertz CT molecular complexity index is 511. The maximum absolute atomic E-state index is 5.40. The largest absolute Gasteiger partial charge is 0.385 e. The van der Waals surface area contributed by atoms with Gasteiger partial charge in [-0.3, -0.25) is 0 Å². The number of nitrogens with two attached hydrogens (primary N) is 1. The minimum atomic E-state index is 0.242. The average Bonchev–Trinajstić information content (AvgIpc) is 2.84. The third kappa shape index (κ3) is 2.69. The van der Waals surface area contributed by atoms with Crippen molar-refractivity contribution in [1.29, 1.82) is 0 Å². The Kier molecular flexibility index (Phi) is 3.96. The number of hydrazine groups is 1. The summed E-state index contributed by atoms with van der Waals surface area (Å²) < 4.78 is 6.92. The fourth-order valence-electron chi connectivity index (χ4n) is 1.70. The number of aromatic nitrogens is 3. The first kappa shape index (κ1) is 12.6. The first-order valence-electron chi connectivity index (χ1n) is 5.80. The molecular weight excluding hydrogens is 232 g/mol. The molecule has 7 nitrogen and oxygen atoms in total. The topological polar surface area (TPSA) is 89.5 Å². The van der Waals surface area contributed by atoms with Crippen molar-refractivity contribution in [3.8, 4) is 0 Å². The number of hydrogen-bond donors (Lipinski definition) is 3. The second-order valence-corrected chi connectivity index (χ2v) is 4.10. The standard InChI is InChI=1S/C11H18N6O/c1-8(3-6-18-2)14-10-11-13-4-5-17(11)7-9(15-10)16-12/h4-5,7-8,16H,3,6,12H2,1-2H3,(H,14,15). The third-order valence-corrected chi connectivity index (χ3v) is 2.66. The zero-order chi connectivity index (χ0) is 13.0. The molecule has 0 saturated heterocycles. The number of nitrogens with one attached hydrogen (secondary N) is 2. The molecule has 2 aromatic rings. The molecule has 0 bridgehead atoms. The Morgan fingerprint density at radius 1 is 1.56 bits per heavy atom. The van der Waals surface area contributed by atoms with Crippen molar-refractivity contribution in [3.05, 3.63) is 18.6 Å². The van der Waals surface area contributed by atoms with Gasteiger partial charge in [0.15, 0.2) is 17.3 Å². The van der Waals surface area contributed by atoms with E-state index in [0.717, 1.165) is 12.1 Å². The van der Waals surface area contributed by atoms with Crippen LogP contribution in [0.2, 0.25) is 0 Å². The number of nitrogens with zero attached hydrogens (tertiary/aromatic N) is 3. The first-order valence-corrected chi connectivity index (χ1v) is 5.80. The van der Waals surface area contributed by atoms with E-state index in [1.54, 1.807) is 19.5 Å². The first-order chi connectivity index (χ1) is 8.74. The second kappa shape index (κ2) is 5.65. The number of hydrogen-bond acceptors (Lipinski definition) is 6. The van der Waals surface area contributed by atoms with E-state index in [4.69, 9.17) is 10.6 Å². The van der Waals surface area contributed by atoms with Crippen LogP contribution in [-0.4, -0.2) is 34.1 Å². The molecule has 0 amide bonds. The molecule has 1 unspecified atom stereocenters. The van der Waals surface area contributed by atoms with Crippen LogP contribution in [0.4, 0.5) is 11.6 Å². The van der Waals surface area contributed by atoms with Gasteiger partial charge < -0.3 is 19.9 Å². The molecule has 7 heteroatoms. The molecule has 0 aromatic carbocycles. The van der Waals surface area contributed by atoms with E-state index in [2.05, 4.69) is 27.6 Å². The van der Waals surface area contributed by atoms with E-state index >= 15 is 0 Å². The third-order valence-electron chi connectivity index (χ3n) is 2.66. The Hall–Kier alpha value is -1.86. The zero-order valence-corrected chi connectivity index (χ0v) is 10.6. The van der Waals surface area contributed by atoms with Gasteiger partial charge in [-0.15, -0.1) is 0 Å². The second-order valence-electron chi connectivity index (χ2n) is 4.10. The molecule has 0 radical (unpaired) electrons. The number of rotatable bonds is 6. The summed E-state index contributed by atoms with van der Waals surface area (Å²) in [6.45, 7) is 2.77. The van der Waals surface area contributed by atoms with Crippen LogP contribution in [-0.2, 0) is 4.74 Å². The van der Waals surface area contributed by atoms with Crippen molar-refractivity contribution in [3.63, 3.8) is 0 Å². The van der Waals surface area contributed by atoms with Crippen LogP contribution in [0, 0.1) is 0 Å². The fraction of sp³-hybridized carbons (Fsp3) is 0.455. The van der Waals surface area contributed by atoms with E-state index in [-0.39, 0.29) is 6.04 Å². The number of anilines is 2. The van der Waals surface area contributed by atoms with E-state index in [1.807, 2.05) is 10.6 Å². The predicted octanol–water partition coefficient (Wildman–Crippen LogP) is 0.852. The van der Waals surface area contributed by atoms with E-state index in [0.29, 0.717) is 18.2 Å². The number of nitrogen functional groups attached to an aromatic ring is 1. The van der Waals surface area contributed by atoms with Crippen molar-refractivity contribution >= 4 is 17.3 Å². The number of methoxy groups -OCH3 is 1. The summed E-state index contributed by atoms with van der Waals surface area (Å²) in [5.41, 5.74) is 3.32. The molecule has 18 heavy (non-hydrogen) atoms. The van der Waals surface area contributed by atoms with Crippen LogP contribution in [0.25, 0.3) is 5.65 Å². The minimum absolute atomic E-state index is 0.242. The van der Waals surface area contributed by atoms with Crippen LogP contribution in [0.15, 0.2) is 18.6 Å². The number of ether oxygens (including phenoxy) is 1. The van der Waals surface area contributed by atoms with Crippen LogP contribution >= 0.6 is 0 Å². The summed E-state index contributed by atoms with van der Waals surface area (Å²) in [5.74, 6) is 6.69. The summed E-state index contributed by atoms with van der Waals surface area (Å²) in [7, 11) is 1.69. The Balaban J connectivity index is 2.22. The van der Waals surface area contributed by atoms with Gasteiger partial charge in [0.05, 0.1) is 6.20 Å². The van der Waals surface area contributed by atoms with E-state index < -0.39 is 0 Å². The molecule has 0 aliphatic carbocycles. The molecule has 0 saturated carbocycles. The molecule has 0 spiro atoms. The average molecular weight is 250 g/mol. The number of fused-ring (bicyclic) bond motifs is 1. The SMILES string of the molecule is COCCC(C)Nc1nc(NN)cn2ccnc12. The quantitative estimate of drug-likeness (QED) is 0.520. The van der Waals surface area contributed by atoms with E-state index in [9.17, 15) is 0 Å². The van der Waals surface area contributed by atoms with Gasteiger partial charge in [-0.25, -0.2) is 15.8 Å². The van der Waals surface area contributed by atoms with Gasteiger partial charge in [-0.2, -0.15) is 0 Å². The van der Waals surface area contributed by atoms with Crippen LogP contribution < -0.4 is 16.6 Å². The van der Waals surface area contributed by atoms with Crippen LogP contribution in [0.3, 0.4) is 0 Å². The Labute approximate surface area is 105 Å². The van der Waals surface area contributed by atoms with Crippen molar-refractivity contribution in [1.82, 2.24) is 14.4 Å². The molecule has 2 rings (SSSR count). The Morgan fingerprint density at radius 3 is 3.11 bits per heavy atom. The van der Waals surface area contributed by atoms with Crippen LogP contribution in [0.1, 0.15) is 13.3 Å². The summed E-state index contributed by atoms with van der Waals surface area (Å²) in [5, 5.41) is 3.31. The molecule has 2 heterocycles. The summed E-state index contributed by atoms with van der Waals surface area (Å²) in [4.78, 5) is 8.63. The van der Waals surface area contributed by atoms with Gasteiger partial charge in [-0.05, 0) is 13.3 Å². The predicted molar refractivity (Wildman–Crippen MR) is 70.4 cm³/mol. The zero-order valence-electron chi connectivity index (χ0n) is 10.6.